The Kier molecular flexibility index (Phi) is 3.58. The average molecular weight is 292 g/mol. The van der Waals surface area contributed by atoms with Crippen molar-refractivity contribution in [1.29, 1.82) is 0 Å². The molecule has 2 bridgehead atoms. The van der Waals surface area contributed by atoms with Gasteiger partial charge in [0.25, 0.3) is 0 Å². The summed E-state index contributed by atoms with van der Waals surface area (Å²) in [6, 6.07) is 0. The van der Waals surface area contributed by atoms with Gasteiger partial charge in [0.05, 0.1) is 12.0 Å². The van der Waals surface area contributed by atoms with Crippen LogP contribution in [0.3, 0.4) is 0 Å². The van der Waals surface area contributed by atoms with Crippen LogP contribution in [-0.4, -0.2) is 24.6 Å². The number of esters is 2. The van der Waals surface area contributed by atoms with Crippen LogP contribution in [0, 0.1) is 23.2 Å². The number of cyclic esters (lactones) is 1. The lowest BCUT2D eigenvalue weighted by Gasteiger charge is -2.39. The summed E-state index contributed by atoms with van der Waals surface area (Å²) in [6.07, 6.45) is 4.69. The Hall–Kier alpha value is -1.32. The van der Waals surface area contributed by atoms with Crippen molar-refractivity contribution in [2.24, 2.45) is 23.2 Å². The Bertz CT molecular complexity index is 483. The molecule has 3 aliphatic rings. The first-order valence-electron chi connectivity index (χ1n) is 8.01. The zero-order valence-electron chi connectivity index (χ0n) is 12.9. The summed E-state index contributed by atoms with van der Waals surface area (Å²) in [6.45, 7) is 7.94. The largest absolute Gasteiger partial charge is 0.465 e. The molecule has 3 rings (SSSR count). The quantitative estimate of drug-likeness (QED) is 0.590. The second-order valence-corrected chi connectivity index (χ2v) is 6.96. The molecule has 4 nitrogen and oxygen atoms in total. The molecular formula is C17H24O4. The SMILES string of the molecule is C=C(C)C(=O)OC1CC2CC1C(C1(CC)CCOC1=O)C2. The summed E-state index contributed by atoms with van der Waals surface area (Å²) in [5.41, 5.74) is 0.105. The molecule has 0 spiro atoms. The van der Waals surface area contributed by atoms with Crippen molar-refractivity contribution in [1.82, 2.24) is 0 Å². The third-order valence-electron chi connectivity index (χ3n) is 5.89. The van der Waals surface area contributed by atoms with Crippen LogP contribution in [0.25, 0.3) is 0 Å². The summed E-state index contributed by atoms with van der Waals surface area (Å²) in [7, 11) is 0. The van der Waals surface area contributed by atoms with Crippen molar-refractivity contribution >= 4 is 11.9 Å². The molecule has 0 aromatic heterocycles. The summed E-state index contributed by atoms with van der Waals surface area (Å²) in [5.74, 6) is 0.862. The number of carbonyl (C=O) groups is 2. The molecule has 2 saturated carbocycles. The first-order valence-corrected chi connectivity index (χ1v) is 8.01. The second kappa shape index (κ2) is 5.15. The predicted molar refractivity (Wildman–Crippen MR) is 77.3 cm³/mol. The Morgan fingerprint density at radius 3 is 2.71 bits per heavy atom. The van der Waals surface area contributed by atoms with Gasteiger partial charge in [0.15, 0.2) is 0 Å². The molecule has 2 aliphatic carbocycles. The molecule has 1 heterocycles. The first-order chi connectivity index (χ1) is 9.98. The lowest BCUT2D eigenvalue weighted by molar-refractivity contribution is -0.155. The van der Waals surface area contributed by atoms with Gasteiger partial charge in [-0.15, -0.1) is 0 Å². The summed E-state index contributed by atoms with van der Waals surface area (Å²) < 4.78 is 10.9. The van der Waals surface area contributed by atoms with Gasteiger partial charge in [-0.2, -0.15) is 0 Å². The molecule has 1 saturated heterocycles. The fourth-order valence-corrected chi connectivity index (χ4v) is 4.79. The number of ether oxygens (including phenoxy) is 2. The highest BCUT2D eigenvalue weighted by Gasteiger charge is 2.59. The van der Waals surface area contributed by atoms with Crippen LogP contribution in [0.4, 0.5) is 0 Å². The van der Waals surface area contributed by atoms with Crippen LogP contribution in [-0.2, 0) is 19.1 Å². The normalized spacial score (nSPS) is 41.1. The molecule has 5 atom stereocenters. The van der Waals surface area contributed by atoms with Crippen LogP contribution in [0.5, 0.6) is 0 Å². The zero-order chi connectivity index (χ0) is 15.2. The molecule has 116 valence electrons. The van der Waals surface area contributed by atoms with Gasteiger partial charge in [0, 0.05) is 11.5 Å². The topological polar surface area (TPSA) is 52.6 Å². The summed E-state index contributed by atoms with van der Waals surface area (Å²) >= 11 is 0. The van der Waals surface area contributed by atoms with Crippen molar-refractivity contribution < 1.29 is 19.1 Å². The molecular weight excluding hydrogens is 268 g/mol. The van der Waals surface area contributed by atoms with E-state index in [1.165, 1.54) is 0 Å². The van der Waals surface area contributed by atoms with Gasteiger partial charge >= 0.3 is 11.9 Å². The highest BCUT2D eigenvalue weighted by atomic mass is 16.5. The molecule has 5 unspecified atom stereocenters. The zero-order valence-corrected chi connectivity index (χ0v) is 12.9. The van der Waals surface area contributed by atoms with E-state index in [4.69, 9.17) is 9.47 Å². The van der Waals surface area contributed by atoms with Gasteiger partial charge in [-0.05, 0) is 50.9 Å². The monoisotopic (exact) mass is 292 g/mol. The van der Waals surface area contributed by atoms with Crippen LogP contribution >= 0.6 is 0 Å². The van der Waals surface area contributed by atoms with Crippen molar-refractivity contribution in [3.63, 3.8) is 0 Å². The van der Waals surface area contributed by atoms with E-state index >= 15 is 0 Å². The maximum Gasteiger partial charge on any atom is 0.333 e. The number of rotatable bonds is 4. The molecule has 0 radical (unpaired) electrons. The maximum absolute atomic E-state index is 12.3. The maximum atomic E-state index is 12.3. The Morgan fingerprint density at radius 2 is 2.19 bits per heavy atom. The number of hydrogen-bond acceptors (Lipinski definition) is 4. The highest BCUT2D eigenvalue weighted by Crippen LogP contribution is 2.59. The average Bonchev–Trinajstić information content (AvgIpc) is 3.12. The van der Waals surface area contributed by atoms with Crippen molar-refractivity contribution in [3.8, 4) is 0 Å². The predicted octanol–water partition coefficient (Wildman–Crippen LogP) is 2.86. The molecule has 1 aliphatic heterocycles. The van der Waals surface area contributed by atoms with E-state index in [0.717, 1.165) is 32.1 Å². The fraction of sp³-hybridized carbons (Fsp3) is 0.765. The Morgan fingerprint density at radius 1 is 1.43 bits per heavy atom. The number of carbonyl (C=O) groups excluding carboxylic acids is 2. The second-order valence-electron chi connectivity index (χ2n) is 6.96. The fourth-order valence-electron chi connectivity index (χ4n) is 4.79. The van der Waals surface area contributed by atoms with Gasteiger partial charge in [-0.1, -0.05) is 13.5 Å². The minimum absolute atomic E-state index is 0.0347. The summed E-state index contributed by atoms with van der Waals surface area (Å²) in [5, 5.41) is 0. The number of fused-ring (bicyclic) bond motifs is 2. The molecule has 4 heteroatoms. The van der Waals surface area contributed by atoms with Gasteiger partial charge in [0.2, 0.25) is 0 Å². The minimum atomic E-state index is -0.340. The van der Waals surface area contributed by atoms with E-state index in [-0.39, 0.29) is 23.5 Å². The van der Waals surface area contributed by atoms with Gasteiger partial charge in [-0.25, -0.2) is 4.79 Å². The Balaban J connectivity index is 1.78. The molecule has 0 aromatic rings. The minimum Gasteiger partial charge on any atom is -0.465 e. The van der Waals surface area contributed by atoms with E-state index < -0.39 is 0 Å². The van der Waals surface area contributed by atoms with Crippen LogP contribution in [0.1, 0.15) is 46.0 Å². The van der Waals surface area contributed by atoms with Crippen molar-refractivity contribution in [2.45, 2.75) is 52.1 Å². The highest BCUT2D eigenvalue weighted by molar-refractivity contribution is 5.87. The smallest absolute Gasteiger partial charge is 0.333 e. The van der Waals surface area contributed by atoms with Crippen LogP contribution in [0.15, 0.2) is 12.2 Å². The molecule has 0 amide bonds. The van der Waals surface area contributed by atoms with Crippen molar-refractivity contribution in [2.75, 3.05) is 6.61 Å². The molecule has 21 heavy (non-hydrogen) atoms. The van der Waals surface area contributed by atoms with E-state index in [0.29, 0.717) is 29.9 Å². The lowest BCUT2D eigenvalue weighted by atomic mass is 9.65. The standard InChI is InChI=1S/C17H24O4/c1-4-17(5-6-20-16(17)19)13-8-11-7-12(13)14(9-11)21-15(18)10(2)3/h11-14H,2,4-9H2,1,3H3. The third-order valence-corrected chi connectivity index (χ3v) is 5.89. The van der Waals surface area contributed by atoms with Gasteiger partial charge < -0.3 is 9.47 Å². The van der Waals surface area contributed by atoms with E-state index in [1.54, 1.807) is 6.92 Å². The van der Waals surface area contributed by atoms with Crippen molar-refractivity contribution in [3.05, 3.63) is 12.2 Å². The van der Waals surface area contributed by atoms with Gasteiger partial charge in [-0.3, -0.25) is 4.79 Å². The van der Waals surface area contributed by atoms with Crippen LogP contribution < -0.4 is 0 Å². The van der Waals surface area contributed by atoms with Crippen LogP contribution in [0.2, 0.25) is 0 Å². The molecule has 0 N–H and O–H groups in total. The lowest BCUT2D eigenvalue weighted by Crippen LogP contribution is -2.42. The van der Waals surface area contributed by atoms with Gasteiger partial charge in [0.1, 0.15) is 6.10 Å². The first kappa shape index (κ1) is 14.6. The molecule has 3 fully saturated rings. The molecule has 0 aromatic carbocycles. The Labute approximate surface area is 125 Å². The number of hydrogen-bond donors (Lipinski definition) is 0. The van der Waals surface area contributed by atoms with E-state index in [1.807, 2.05) is 0 Å². The summed E-state index contributed by atoms with van der Waals surface area (Å²) in [4.78, 5) is 24.1. The third kappa shape index (κ3) is 2.19. The van der Waals surface area contributed by atoms with E-state index in [2.05, 4.69) is 13.5 Å². The van der Waals surface area contributed by atoms with E-state index in [9.17, 15) is 9.59 Å².